The van der Waals surface area contributed by atoms with Gasteiger partial charge in [0.2, 0.25) is 0 Å². The van der Waals surface area contributed by atoms with Gasteiger partial charge in [0.15, 0.2) is 0 Å². The third-order valence-electron chi connectivity index (χ3n) is 2.25. The van der Waals surface area contributed by atoms with E-state index >= 15 is 0 Å². The topological polar surface area (TPSA) is 0 Å². The van der Waals surface area contributed by atoms with Gasteiger partial charge in [0.25, 0.3) is 0 Å². The summed E-state index contributed by atoms with van der Waals surface area (Å²) in [4.78, 5) is 0. The Bertz CT molecular complexity index is 66.0. The fourth-order valence-electron chi connectivity index (χ4n) is 0. The van der Waals surface area contributed by atoms with Crippen molar-refractivity contribution in [2.75, 3.05) is 0 Å². The van der Waals surface area contributed by atoms with E-state index < -0.39 is 15.2 Å². The Morgan fingerprint density at radius 1 is 0.556 bits per heavy atom. The van der Waals surface area contributed by atoms with E-state index in [1.165, 1.54) is 0 Å². The Kier molecular flexibility index (Phi) is 5.39. The first-order valence-electron chi connectivity index (χ1n) is 3.25. The van der Waals surface area contributed by atoms with Crippen molar-refractivity contribution >= 4 is 44.7 Å². The van der Waals surface area contributed by atoms with Crippen LogP contribution in [0.5, 0.6) is 0 Å². The summed E-state index contributed by atoms with van der Waals surface area (Å²) >= 11 is 0. The van der Waals surface area contributed by atoms with Gasteiger partial charge in [-0.25, -0.2) is 0 Å². The van der Waals surface area contributed by atoms with Crippen LogP contribution in [-0.2, 0) is 0 Å². The Morgan fingerprint density at radius 3 is 0.667 bits per heavy atom. The van der Waals surface area contributed by atoms with Crippen LogP contribution < -0.4 is 0 Å². The van der Waals surface area contributed by atoms with E-state index in [1.807, 2.05) is 0 Å². The molecule has 0 aliphatic rings. The van der Waals surface area contributed by atoms with Crippen LogP contribution in [0, 0.1) is 0 Å². The molecule has 0 aromatic rings. The normalized spacial score (nSPS) is 12.7. The summed E-state index contributed by atoms with van der Waals surface area (Å²) in [5.41, 5.74) is 0. The van der Waals surface area contributed by atoms with Gasteiger partial charge >= 0.3 is 0 Å². The van der Waals surface area contributed by atoms with E-state index in [-0.39, 0.29) is 29.6 Å². The van der Waals surface area contributed by atoms with Gasteiger partial charge in [-0.15, -0.1) is 0 Å². The summed E-state index contributed by atoms with van der Waals surface area (Å²) in [6, 6.07) is 0. The first-order valence-corrected chi connectivity index (χ1v) is 11.2. The molecule has 0 spiro atoms. The van der Waals surface area contributed by atoms with Crippen molar-refractivity contribution in [1.29, 1.82) is 0 Å². The molecule has 3 heteroatoms. The molecule has 0 N–H and O–H groups in total. The monoisotopic (exact) mass is 169 g/mol. The van der Waals surface area contributed by atoms with Crippen molar-refractivity contribution in [3.63, 3.8) is 0 Å². The number of rotatable bonds is 1. The third kappa shape index (κ3) is 4.79. The minimum atomic E-state index is -0.720. The maximum absolute atomic E-state index is 2.47. The van der Waals surface area contributed by atoms with Crippen LogP contribution in [0.15, 0.2) is 0 Å². The van der Waals surface area contributed by atoms with Gasteiger partial charge in [-0.3, -0.25) is 0 Å². The van der Waals surface area contributed by atoms with Crippen molar-refractivity contribution in [3.05, 3.63) is 0 Å². The Morgan fingerprint density at radius 2 is 0.667 bits per heavy atom. The molecular weight excluding hydrogens is 151 g/mol. The van der Waals surface area contributed by atoms with Gasteiger partial charge in [-0.05, 0) is 0 Å². The van der Waals surface area contributed by atoms with Crippen LogP contribution >= 0.6 is 0 Å². The molecule has 0 aliphatic carbocycles. The molecule has 51 valence electrons. The van der Waals surface area contributed by atoms with Crippen LogP contribution in [0.2, 0.25) is 39.3 Å². The van der Waals surface area contributed by atoms with E-state index in [4.69, 9.17) is 0 Å². The molecule has 0 nitrogen and oxygen atoms in total. The van der Waals surface area contributed by atoms with Gasteiger partial charge in [-0.1, -0.05) is 39.3 Å². The Balaban J connectivity index is 0. The van der Waals surface area contributed by atoms with Crippen LogP contribution in [-0.4, -0.2) is 44.7 Å². The van der Waals surface area contributed by atoms with Gasteiger partial charge in [0.05, 0.1) is 0 Å². The van der Waals surface area contributed by atoms with Crippen LogP contribution in [0.4, 0.5) is 0 Å². The number of hydrogen-bond acceptors (Lipinski definition) is 0. The summed E-state index contributed by atoms with van der Waals surface area (Å²) < 4.78 is 0. The van der Waals surface area contributed by atoms with E-state index in [0.717, 1.165) is 0 Å². The van der Waals surface area contributed by atoms with Crippen LogP contribution in [0.1, 0.15) is 0 Å². The molecule has 0 saturated carbocycles. The molecule has 0 amide bonds. The van der Waals surface area contributed by atoms with E-state index in [9.17, 15) is 0 Å². The minimum Gasteiger partial charge on any atom is -0.0715 e. The zero-order valence-corrected chi connectivity index (χ0v) is 12.0. The van der Waals surface area contributed by atoms with Crippen molar-refractivity contribution in [2.45, 2.75) is 39.3 Å². The molecular formula is C6H18NaSi2. The summed E-state index contributed by atoms with van der Waals surface area (Å²) in [6.45, 7) is 14.8. The van der Waals surface area contributed by atoms with E-state index in [0.29, 0.717) is 0 Å². The summed E-state index contributed by atoms with van der Waals surface area (Å²) in [7, 11) is -1.44. The second-order valence-corrected chi connectivity index (χ2v) is 22.5. The summed E-state index contributed by atoms with van der Waals surface area (Å²) in [6.07, 6.45) is 0. The third-order valence-corrected chi connectivity index (χ3v) is 20.2. The van der Waals surface area contributed by atoms with Gasteiger partial charge in [-0.2, -0.15) is 0 Å². The van der Waals surface area contributed by atoms with Crippen LogP contribution in [0.25, 0.3) is 0 Å². The predicted molar refractivity (Wildman–Crippen MR) is 52.4 cm³/mol. The molecule has 0 aliphatic heterocycles. The molecule has 0 saturated heterocycles. The van der Waals surface area contributed by atoms with Gasteiger partial charge in [0.1, 0.15) is 0 Å². The van der Waals surface area contributed by atoms with Gasteiger partial charge in [0, 0.05) is 44.7 Å². The standard InChI is InChI=1S/C6H18Si2.Na/c1-7(2,3)8(4,5)6;/h1-6H3;. The minimum absolute atomic E-state index is 0. The van der Waals surface area contributed by atoms with Crippen molar-refractivity contribution in [3.8, 4) is 0 Å². The molecule has 1 radical (unpaired) electrons. The maximum atomic E-state index is 2.47. The molecule has 9 heavy (non-hydrogen) atoms. The molecule has 0 fully saturated rings. The largest absolute Gasteiger partial charge is 0.0715 e. The molecule has 0 unspecified atom stereocenters. The SMILES string of the molecule is C[Si](C)(C)[Si](C)(C)C.[Na]. The maximum Gasteiger partial charge on any atom is 0.0379 e. The predicted octanol–water partition coefficient (Wildman–Crippen LogP) is 2.36. The molecule has 0 rings (SSSR count). The van der Waals surface area contributed by atoms with Gasteiger partial charge < -0.3 is 0 Å². The Hall–Kier alpha value is 1.43. The zero-order valence-electron chi connectivity index (χ0n) is 8.00. The van der Waals surface area contributed by atoms with E-state index in [1.54, 1.807) is 0 Å². The summed E-state index contributed by atoms with van der Waals surface area (Å²) in [5, 5.41) is 0. The van der Waals surface area contributed by atoms with Crippen molar-refractivity contribution in [1.82, 2.24) is 0 Å². The molecule has 0 bridgehead atoms. The van der Waals surface area contributed by atoms with Crippen molar-refractivity contribution < 1.29 is 0 Å². The van der Waals surface area contributed by atoms with E-state index in [2.05, 4.69) is 39.3 Å². The summed E-state index contributed by atoms with van der Waals surface area (Å²) in [5.74, 6) is 0. The molecule has 0 atom stereocenters. The second kappa shape index (κ2) is 3.72. The molecule has 0 aromatic carbocycles. The fourth-order valence-corrected chi connectivity index (χ4v) is 0. The fraction of sp³-hybridized carbons (Fsp3) is 1.00. The number of hydrogen-bond donors (Lipinski definition) is 0. The first-order chi connectivity index (χ1) is 3.25. The average molecular weight is 169 g/mol. The Labute approximate surface area is 83.5 Å². The quantitative estimate of drug-likeness (QED) is 0.529. The second-order valence-electron chi connectivity index (χ2n) is 4.50. The molecule has 0 aromatic heterocycles. The van der Waals surface area contributed by atoms with Crippen LogP contribution in [0.3, 0.4) is 0 Å². The molecule has 0 heterocycles. The average Bonchev–Trinajstić information content (AvgIpc) is 1.25. The smallest absolute Gasteiger partial charge is 0.0379 e. The first kappa shape index (κ1) is 13.1. The zero-order chi connectivity index (χ0) is 7.00. The van der Waals surface area contributed by atoms with Crippen molar-refractivity contribution in [2.24, 2.45) is 0 Å².